The zero-order valence-electron chi connectivity index (χ0n) is 9.59. The van der Waals surface area contributed by atoms with E-state index in [0.717, 1.165) is 25.8 Å². The van der Waals surface area contributed by atoms with Crippen LogP contribution in [-0.2, 0) is 0 Å². The number of halogens is 1. The van der Waals surface area contributed by atoms with Gasteiger partial charge < -0.3 is 5.32 Å². The Bertz CT molecular complexity index is 368. The average Bonchev–Trinajstić information content (AvgIpc) is 2.24. The molecule has 4 nitrogen and oxygen atoms in total. The molecule has 0 atom stereocenters. The second-order valence-electron chi connectivity index (χ2n) is 3.58. The van der Waals surface area contributed by atoms with Crippen LogP contribution in [0.1, 0.15) is 42.4 Å². The SMILES string of the molecule is CCCCCNc1nc(C)nc(Cl)c1C=O. The molecule has 1 rings (SSSR count). The summed E-state index contributed by atoms with van der Waals surface area (Å²) in [5.41, 5.74) is 0.337. The van der Waals surface area contributed by atoms with Crippen LogP contribution in [0.15, 0.2) is 0 Å². The van der Waals surface area contributed by atoms with Crippen LogP contribution >= 0.6 is 11.6 Å². The molecule has 0 fully saturated rings. The van der Waals surface area contributed by atoms with E-state index in [0.29, 0.717) is 23.5 Å². The van der Waals surface area contributed by atoms with Gasteiger partial charge in [0.05, 0.1) is 5.56 Å². The molecule has 0 spiro atoms. The van der Waals surface area contributed by atoms with Crippen molar-refractivity contribution >= 4 is 23.7 Å². The molecule has 0 aliphatic heterocycles. The van der Waals surface area contributed by atoms with E-state index in [-0.39, 0.29) is 5.15 Å². The summed E-state index contributed by atoms with van der Waals surface area (Å²) in [7, 11) is 0. The van der Waals surface area contributed by atoms with Gasteiger partial charge in [-0.2, -0.15) is 0 Å². The minimum Gasteiger partial charge on any atom is -0.369 e. The summed E-state index contributed by atoms with van der Waals surface area (Å²) in [6.07, 6.45) is 4.05. The molecular weight excluding hydrogens is 226 g/mol. The van der Waals surface area contributed by atoms with Crippen LogP contribution in [-0.4, -0.2) is 22.8 Å². The first-order valence-corrected chi connectivity index (χ1v) is 5.80. The Morgan fingerprint density at radius 1 is 1.38 bits per heavy atom. The smallest absolute Gasteiger partial charge is 0.156 e. The summed E-state index contributed by atoms with van der Waals surface area (Å²) in [6.45, 7) is 4.68. The molecule has 0 aliphatic rings. The molecule has 0 saturated heterocycles. The molecule has 1 aromatic heterocycles. The Hall–Kier alpha value is -1.16. The second-order valence-corrected chi connectivity index (χ2v) is 3.93. The van der Waals surface area contributed by atoms with Crippen LogP contribution in [0.4, 0.5) is 5.82 Å². The highest BCUT2D eigenvalue weighted by Gasteiger charge is 2.09. The third-order valence-corrected chi connectivity index (χ3v) is 2.49. The van der Waals surface area contributed by atoms with E-state index < -0.39 is 0 Å². The molecule has 1 aromatic rings. The van der Waals surface area contributed by atoms with Crippen LogP contribution in [0.3, 0.4) is 0 Å². The number of hydrogen-bond acceptors (Lipinski definition) is 4. The quantitative estimate of drug-likeness (QED) is 0.473. The first kappa shape index (κ1) is 12.9. The summed E-state index contributed by atoms with van der Waals surface area (Å²) in [6, 6.07) is 0. The molecule has 16 heavy (non-hydrogen) atoms. The highest BCUT2D eigenvalue weighted by atomic mass is 35.5. The van der Waals surface area contributed by atoms with Gasteiger partial charge >= 0.3 is 0 Å². The predicted molar refractivity (Wildman–Crippen MR) is 65.2 cm³/mol. The third kappa shape index (κ3) is 3.45. The fourth-order valence-electron chi connectivity index (χ4n) is 1.37. The molecule has 0 amide bonds. The summed E-state index contributed by atoms with van der Waals surface area (Å²) in [5.74, 6) is 1.09. The molecular formula is C11H16ClN3O. The first-order valence-electron chi connectivity index (χ1n) is 5.42. The highest BCUT2D eigenvalue weighted by Crippen LogP contribution is 2.18. The minimum atomic E-state index is 0.209. The monoisotopic (exact) mass is 241 g/mol. The molecule has 1 heterocycles. The van der Waals surface area contributed by atoms with Crippen LogP contribution in [0.2, 0.25) is 5.15 Å². The van der Waals surface area contributed by atoms with Crippen molar-refractivity contribution in [3.8, 4) is 0 Å². The van der Waals surface area contributed by atoms with E-state index in [9.17, 15) is 4.79 Å². The number of rotatable bonds is 6. The summed E-state index contributed by atoms with van der Waals surface area (Å²) in [4.78, 5) is 18.9. The van der Waals surface area contributed by atoms with Crippen molar-refractivity contribution in [2.24, 2.45) is 0 Å². The standard InChI is InChI=1S/C11H16ClN3O/c1-3-4-5-6-13-11-9(7-16)10(12)14-8(2)15-11/h7H,3-6H2,1-2H3,(H,13,14,15). The van der Waals surface area contributed by atoms with Crippen LogP contribution in [0.5, 0.6) is 0 Å². The highest BCUT2D eigenvalue weighted by molar-refractivity contribution is 6.32. The van der Waals surface area contributed by atoms with Crippen molar-refractivity contribution < 1.29 is 4.79 Å². The number of aldehydes is 1. The Labute approximate surface area is 100 Å². The Kier molecular flexibility index (Phi) is 5.19. The van der Waals surface area contributed by atoms with E-state index in [1.54, 1.807) is 6.92 Å². The Morgan fingerprint density at radius 2 is 2.12 bits per heavy atom. The molecule has 1 N–H and O–H groups in total. The van der Waals surface area contributed by atoms with Gasteiger partial charge in [-0.15, -0.1) is 0 Å². The molecule has 5 heteroatoms. The van der Waals surface area contributed by atoms with E-state index in [1.807, 2.05) is 0 Å². The third-order valence-electron chi connectivity index (χ3n) is 2.20. The Balaban J connectivity index is 2.73. The first-order chi connectivity index (χ1) is 7.69. The van der Waals surface area contributed by atoms with Crippen LogP contribution in [0, 0.1) is 6.92 Å². The largest absolute Gasteiger partial charge is 0.369 e. The number of carbonyl (C=O) groups excluding carboxylic acids is 1. The summed E-state index contributed by atoms with van der Waals surface area (Å²) >= 11 is 5.85. The number of aromatic nitrogens is 2. The van der Waals surface area contributed by atoms with Crippen molar-refractivity contribution in [2.75, 3.05) is 11.9 Å². The predicted octanol–water partition coefficient (Wildman–Crippen LogP) is 2.85. The molecule has 0 radical (unpaired) electrons. The van der Waals surface area contributed by atoms with Gasteiger partial charge in [0.15, 0.2) is 6.29 Å². The second kappa shape index (κ2) is 6.43. The van der Waals surface area contributed by atoms with Crippen molar-refractivity contribution in [3.05, 3.63) is 16.5 Å². The number of aryl methyl sites for hydroxylation is 1. The number of nitrogens with zero attached hydrogens (tertiary/aromatic N) is 2. The lowest BCUT2D eigenvalue weighted by atomic mass is 10.2. The molecule has 0 unspecified atom stereocenters. The maximum absolute atomic E-state index is 10.8. The molecule has 0 aromatic carbocycles. The number of hydrogen-bond donors (Lipinski definition) is 1. The van der Waals surface area contributed by atoms with Gasteiger partial charge in [-0.25, -0.2) is 9.97 Å². The zero-order valence-corrected chi connectivity index (χ0v) is 10.3. The lowest BCUT2D eigenvalue weighted by Crippen LogP contribution is -2.08. The fourth-order valence-corrected chi connectivity index (χ4v) is 1.62. The topological polar surface area (TPSA) is 54.9 Å². The molecule has 0 saturated carbocycles. The lowest BCUT2D eigenvalue weighted by molar-refractivity contribution is 0.112. The van der Waals surface area contributed by atoms with Gasteiger partial charge in [0, 0.05) is 6.54 Å². The van der Waals surface area contributed by atoms with Crippen molar-refractivity contribution in [1.29, 1.82) is 0 Å². The van der Waals surface area contributed by atoms with E-state index in [4.69, 9.17) is 11.6 Å². The summed E-state index contributed by atoms with van der Waals surface area (Å²) < 4.78 is 0. The van der Waals surface area contributed by atoms with Crippen molar-refractivity contribution in [1.82, 2.24) is 9.97 Å². The maximum atomic E-state index is 10.8. The van der Waals surface area contributed by atoms with Gasteiger partial charge in [-0.05, 0) is 13.3 Å². The number of anilines is 1. The fraction of sp³-hybridized carbons (Fsp3) is 0.545. The molecule has 0 aliphatic carbocycles. The van der Waals surface area contributed by atoms with Gasteiger partial charge in [-0.1, -0.05) is 31.4 Å². The maximum Gasteiger partial charge on any atom is 0.156 e. The van der Waals surface area contributed by atoms with Gasteiger partial charge in [0.2, 0.25) is 0 Å². The number of nitrogens with one attached hydrogen (secondary N) is 1. The molecule has 88 valence electrons. The average molecular weight is 242 g/mol. The summed E-state index contributed by atoms with van der Waals surface area (Å²) in [5, 5.41) is 3.32. The Morgan fingerprint density at radius 3 is 2.75 bits per heavy atom. The van der Waals surface area contributed by atoms with Crippen molar-refractivity contribution in [2.45, 2.75) is 33.1 Å². The minimum absolute atomic E-state index is 0.209. The van der Waals surface area contributed by atoms with Crippen LogP contribution < -0.4 is 5.32 Å². The van der Waals surface area contributed by atoms with Gasteiger partial charge in [0.1, 0.15) is 16.8 Å². The number of unbranched alkanes of at least 4 members (excludes halogenated alkanes) is 2. The van der Waals surface area contributed by atoms with Gasteiger partial charge in [0.25, 0.3) is 0 Å². The lowest BCUT2D eigenvalue weighted by Gasteiger charge is -2.08. The zero-order chi connectivity index (χ0) is 12.0. The number of carbonyl (C=O) groups is 1. The van der Waals surface area contributed by atoms with E-state index in [1.165, 1.54) is 0 Å². The normalized spacial score (nSPS) is 10.2. The molecule has 0 bridgehead atoms. The van der Waals surface area contributed by atoms with Gasteiger partial charge in [-0.3, -0.25) is 4.79 Å². The van der Waals surface area contributed by atoms with Crippen molar-refractivity contribution in [3.63, 3.8) is 0 Å². The van der Waals surface area contributed by atoms with Crippen LogP contribution in [0.25, 0.3) is 0 Å². The van der Waals surface area contributed by atoms with E-state index >= 15 is 0 Å². The van der Waals surface area contributed by atoms with E-state index in [2.05, 4.69) is 22.2 Å².